The molecular formula is C12H16ClN7. The molecule has 2 aromatic rings. The second-order valence-electron chi connectivity index (χ2n) is 4.82. The molecule has 1 aliphatic heterocycles. The highest BCUT2D eigenvalue weighted by molar-refractivity contribution is 6.28. The Morgan fingerprint density at radius 3 is 2.70 bits per heavy atom. The third-order valence-corrected chi connectivity index (χ3v) is 3.49. The van der Waals surface area contributed by atoms with Crippen molar-refractivity contribution in [2.75, 3.05) is 38.1 Å². The predicted molar refractivity (Wildman–Crippen MR) is 76.3 cm³/mol. The first kappa shape index (κ1) is 13.3. The minimum atomic E-state index is 0.205. The average Bonchev–Trinajstić information content (AvgIpc) is 2.88. The Morgan fingerprint density at radius 1 is 1.05 bits per heavy atom. The minimum Gasteiger partial charge on any atom is -0.339 e. The average molecular weight is 294 g/mol. The molecule has 0 spiro atoms. The number of nitrogens with zero attached hydrogens (tertiary/aromatic N) is 7. The van der Waals surface area contributed by atoms with Gasteiger partial charge in [0.2, 0.25) is 17.2 Å². The smallest absolute Gasteiger partial charge is 0.241 e. The number of imidazole rings is 1. The van der Waals surface area contributed by atoms with Crippen molar-refractivity contribution in [1.82, 2.24) is 29.4 Å². The van der Waals surface area contributed by atoms with E-state index in [0.717, 1.165) is 32.6 Å². The molecule has 0 aliphatic carbocycles. The fraction of sp³-hybridized carbons (Fsp3) is 0.500. The second kappa shape index (κ2) is 5.72. The van der Waals surface area contributed by atoms with Crippen LogP contribution >= 0.6 is 11.6 Å². The number of hydrogen-bond acceptors (Lipinski definition) is 6. The molecule has 20 heavy (non-hydrogen) atoms. The van der Waals surface area contributed by atoms with Gasteiger partial charge >= 0.3 is 0 Å². The van der Waals surface area contributed by atoms with Crippen LogP contribution in [0.4, 0.5) is 5.95 Å². The first-order valence-electron chi connectivity index (χ1n) is 6.56. The highest BCUT2D eigenvalue weighted by atomic mass is 35.5. The van der Waals surface area contributed by atoms with Gasteiger partial charge in [-0.1, -0.05) is 0 Å². The number of halogens is 1. The summed E-state index contributed by atoms with van der Waals surface area (Å²) in [6.45, 7) is 3.89. The Morgan fingerprint density at radius 2 is 1.90 bits per heavy atom. The molecule has 8 heteroatoms. The normalized spacial score (nSPS) is 17.2. The van der Waals surface area contributed by atoms with E-state index in [-0.39, 0.29) is 5.28 Å². The fourth-order valence-electron chi connectivity index (χ4n) is 2.21. The van der Waals surface area contributed by atoms with E-state index in [1.54, 1.807) is 23.3 Å². The van der Waals surface area contributed by atoms with Gasteiger partial charge in [-0.05, 0) is 31.6 Å². The first-order valence-corrected chi connectivity index (χ1v) is 6.93. The van der Waals surface area contributed by atoms with Crippen LogP contribution in [0.1, 0.15) is 6.42 Å². The summed E-state index contributed by atoms with van der Waals surface area (Å²) in [5, 5.41) is 0.205. The maximum absolute atomic E-state index is 6.02. The lowest BCUT2D eigenvalue weighted by atomic mass is 10.4. The first-order chi connectivity index (χ1) is 9.72. The van der Waals surface area contributed by atoms with Crippen molar-refractivity contribution >= 4 is 17.5 Å². The fourth-order valence-corrected chi connectivity index (χ4v) is 2.36. The summed E-state index contributed by atoms with van der Waals surface area (Å²) in [6.07, 6.45) is 6.19. The van der Waals surface area contributed by atoms with Crippen LogP contribution in [-0.4, -0.2) is 62.6 Å². The summed E-state index contributed by atoms with van der Waals surface area (Å²) in [6, 6.07) is 0. The predicted octanol–water partition coefficient (Wildman–Crippen LogP) is 0.853. The molecule has 0 saturated carbocycles. The van der Waals surface area contributed by atoms with Crippen LogP contribution in [0.25, 0.3) is 5.95 Å². The highest BCUT2D eigenvalue weighted by Gasteiger charge is 2.17. The van der Waals surface area contributed by atoms with Crippen molar-refractivity contribution in [2.45, 2.75) is 6.42 Å². The minimum absolute atomic E-state index is 0.205. The summed E-state index contributed by atoms with van der Waals surface area (Å²) in [4.78, 5) is 21.3. The van der Waals surface area contributed by atoms with Crippen molar-refractivity contribution < 1.29 is 0 Å². The molecule has 0 aromatic carbocycles. The molecule has 0 atom stereocenters. The van der Waals surface area contributed by atoms with Crippen molar-refractivity contribution in [2.24, 2.45) is 0 Å². The lowest BCUT2D eigenvalue weighted by Gasteiger charge is -2.20. The van der Waals surface area contributed by atoms with Gasteiger partial charge in [-0.2, -0.15) is 15.0 Å². The number of hydrogen-bond donors (Lipinski definition) is 0. The Kier molecular flexibility index (Phi) is 3.79. The Hall–Kier alpha value is -1.73. The molecule has 0 amide bonds. The molecular weight excluding hydrogens is 278 g/mol. The second-order valence-corrected chi connectivity index (χ2v) is 5.16. The van der Waals surface area contributed by atoms with Gasteiger partial charge in [-0.25, -0.2) is 4.98 Å². The van der Waals surface area contributed by atoms with Crippen LogP contribution in [0.3, 0.4) is 0 Å². The van der Waals surface area contributed by atoms with Gasteiger partial charge in [0, 0.05) is 32.0 Å². The molecule has 0 unspecified atom stereocenters. The van der Waals surface area contributed by atoms with Crippen molar-refractivity contribution in [1.29, 1.82) is 0 Å². The number of likely N-dealkylation sites (N-methyl/N-ethyl adjacent to an activating group) is 1. The monoisotopic (exact) mass is 293 g/mol. The van der Waals surface area contributed by atoms with E-state index in [2.05, 4.69) is 36.8 Å². The molecule has 3 rings (SSSR count). The summed E-state index contributed by atoms with van der Waals surface area (Å²) in [7, 11) is 2.13. The zero-order valence-corrected chi connectivity index (χ0v) is 12.0. The maximum Gasteiger partial charge on any atom is 0.241 e. The molecule has 7 nitrogen and oxygen atoms in total. The van der Waals surface area contributed by atoms with Crippen LogP contribution in [0.2, 0.25) is 5.28 Å². The van der Waals surface area contributed by atoms with Crippen LogP contribution in [-0.2, 0) is 0 Å². The zero-order valence-electron chi connectivity index (χ0n) is 11.3. The third-order valence-electron chi connectivity index (χ3n) is 3.32. The van der Waals surface area contributed by atoms with Gasteiger partial charge in [-0.15, -0.1) is 0 Å². The van der Waals surface area contributed by atoms with E-state index in [9.17, 15) is 0 Å². The maximum atomic E-state index is 6.02. The van der Waals surface area contributed by atoms with E-state index < -0.39 is 0 Å². The van der Waals surface area contributed by atoms with Crippen molar-refractivity contribution in [3.8, 4) is 5.95 Å². The van der Waals surface area contributed by atoms with Gasteiger partial charge in [-0.3, -0.25) is 4.57 Å². The number of aromatic nitrogens is 5. The van der Waals surface area contributed by atoms with Gasteiger partial charge in [0.15, 0.2) is 0 Å². The standard InChI is InChI=1S/C12H16ClN7/c1-18-4-2-5-19(8-7-18)11-15-10(13)16-12(17-11)20-6-3-14-9-20/h3,6,9H,2,4-5,7-8H2,1H3. The topological polar surface area (TPSA) is 63.0 Å². The van der Waals surface area contributed by atoms with Crippen LogP contribution in [0, 0.1) is 0 Å². The Balaban J connectivity index is 1.89. The highest BCUT2D eigenvalue weighted by Crippen LogP contribution is 2.15. The van der Waals surface area contributed by atoms with Crippen LogP contribution in [0.15, 0.2) is 18.7 Å². The van der Waals surface area contributed by atoms with E-state index in [0.29, 0.717) is 11.9 Å². The molecule has 0 radical (unpaired) electrons. The lowest BCUT2D eigenvalue weighted by Crippen LogP contribution is -2.30. The summed E-state index contributed by atoms with van der Waals surface area (Å²) in [5.74, 6) is 1.12. The summed E-state index contributed by atoms with van der Waals surface area (Å²) >= 11 is 6.02. The Labute approximate surface area is 122 Å². The molecule has 1 aliphatic rings. The van der Waals surface area contributed by atoms with E-state index in [1.807, 2.05) is 0 Å². The summed E-state index contributed by atoms with van der Waals surface area (Å²) in [5.41, 5.74) is 0. The Bertz CT molecular complexity index is 571. The van der Waals surface area contributed by atoms with Gasteiger partial charge in [0.05, 0.1) is 0 Å². The summed E-state index contributed by atoms with van der Waals surface area (Å²) < 4.78 is 1.72. The van der Waals surface area contributed by atoms with E-state index in [4.69, 9.17) is 11.6 Å². The molecule has 0 N–H and O–H groups in total. The molecule has 1 fully saturated rings. The molecule has 1 saturated heterocycles. The molecule has 3 heterocycles. The van der Waals surface area contributed by atoms with Crippen molar-refractivity contribution in [3.63, 3.8) is 0 Å². The molecule has 2 aromatic heterocycles. The largest absolute Gasteiger partial charge is 0.339 e. The van der Waals surface area contributed by atoms with Crippen LogP contribution < -0.4 is 4.90 Å². The third kappa shape index (κ3) is 2.88. The van der Waals surface area contributed by atoms with Gasteiger partial charge in [0.25, 0.3) is 0 Å². The lowest BCUT2D eigenvalue weighted by molar-refractivity contribution is 0.360. The quantitative estimate of drug-likeness (QED) is 0.818. The number of anilines is 1. The number of rotatable bonds is 2. The van der Waals surface area contributed by atoms with E-state index >= 15 is 0 Å². The molecule has 106 valence electrons. The van der Waals surface area contributed by atoms with E-state index in [1.165, 1.54) is 0 Å². The van der Waals surface area contributed by atoms with Crippen molar-refractivity contribution in [3.05, 3.63) is 24.0 Å². The SMILES string of the molecule is CN1CCCN(c2nc(Cl)nc(-n3ccnc3)n2)CC1. The van der Waals surface area contributed by atoms with Crippen LogP contribution in [0.5, 0.6) is 0 Å². The van der Waals surface area contributed by atoms with Gasteiger partial charge < -0.3 is 9.80 Å². The zero-order chi connectivity index (χ0) is 13.9. The van der Waals surface area contributed by atoms with Gasteiger partial charge in [0.1, 0.15) is 6.33 Å². The molecule has 0 bridgehead atoms.